The zero-order chi connectivity index (χ0) is 21.0. The average Bonchev–Trinajstić information content (AvgIpc) is 3.17. The molecule has 30 heavy (non-hydrogen) atoms. The lowest BCUT2D eigenvalue weighted by Crippen LogP contribution is -2.37. The van der Waals surface area contributed by atoms with E-state index < -0.39 is 0 Å². The molecule has 1 unspecified atom stereocenters. The molecule has 7 heteroatoms. The second kappa shape index (κ2) is 6.66. The topological polar surface area (TPSA) is 70.2 Å². The Kier molecular flexibility index (Phi) is 4.06. The van der Waals surface area contributed by atoms with Crippen LogP contribution in [0.15, 0.2) is 64.3 Å². The van der Waals surface area contributed by atoms with Crippen molar-refractivity contribution in [3.05, 3.63) is 86.8 Å². The van der Waals surface area contributed by atoms with Crippen LogP contribution in [0.3, 0.4) is 0 Å². The summed E-state index contributed by atoms with van der Waals surface area (Å²) in [5, 5.41) is 4.11. The molecule has 1 N–H and O–H groups in total. The van der Waals surface area contributed by atoms with Crippen molar-refractivity contribution < 1.29 is 4.74 Å². The summed E-state index contributed by atoms with van der Waals surface area (Å²) >= 11 is 0. The number of fused-ring (bicyclic) bond motifs is 5. The molecule has 0 amide bonds. The lowest BCUT2D eigenvalue weighted by atomic mass is 9.98. The van der Waals surface area contributed by atoms with E-state index in [2.05, 4.69) is 5.32 Å². The highest BCUT2D eigenvalue weighted by Gasteiger charge is 2.32. The van der Waals surface area contributed by atoms with Gasteiger partial charge in [0.1, 0.15) is 5.75 Å². The first-order valence-corrected chi connectivity index (χ1v) is 9.91. The Morgan fingerprint density at radius 3 is 2.53 bits per heavy atom. The van der Waals surface area contributed by atoms with E-state index in [1.807, 2.05) is 66.2 Å². The van der Waals surface area contributed by atoms with Crippen molar-refractivity contribution in [1.29, 1.82) is 0 Å². The second-order valence-corrected chi connectivity index (χ2v) is 7.42. The van der Waals surface area contributed by atoms with Gasteiger partial charge >= 0.3 is 5.69 Å². The zero-order valence-corrected chi connectivity index (χ0v) is 17.0. The third-order valence-electron chi connectivity index (χ3n) is 5.73. The van der Waals surface area contributed by atoms with E-state index in [0.29, 0.717) is 17.5 Å². The number of hydrogen-bond donors (Lipinski definition) is 1. The first-order valence-electron chi connectivity index (χ1n) is 9.91. The molecule has 1 atom stereocenters. The SMILES string of the molecule is CCOc1ccccc1C1Nc2ccccc2-n2cc3c(=O)n(C)c(=O)n(C)c3c21. The standard InChI is InChI=1S/C23H22N4O3/c1-4-30-18-12-8-5-9-14(18)19-21-20-15(22(28)26(3)23(29)25(20)2)13-27(21)17-11-7-6-10-16(17)24-19/h5-13,19,24H,4H2,1-3H3. The maximum atomic E-state index is 12.9. The van der Waals surface area contributed by atoms with Gasteiger partial charge in [-0.1, -0.05) is 30.3 Å². The fourth-order valence-electron chi connectivity index (χ4n) is 4.34. The van der Waals surface area contributed by atoms with E-state index in [9.17, 15) is 9.59 Å². The minimum Gasteiger partial charge on any atom is -0.494 e. The molecule has 152 valence electrons. The van der Waals surface area contributed by atoms with Crippen LogP contribution < -0.4 is 21.3 Å². The van der Waals surface area contributed by atoms with Crippen molar-refractivity contribution in [1.82, 2.24) is 13.7 Å². The number of aryl methyl sites for hydroxylation is 1. The van der Waals surface area contributed by atoms with Crippen LogP contribution in [0.2, 0.25) is 0 Å². The summed E-state index contributed by atoms with van der Waals surface area (Å²) < 4.78 is 10.6. The van der Waals surface area contributed by atoms with E-state index in [-0.39, 0.29) is 17.3 Å². The van der Waals surface area contributed by atoms with Gasteiger partial charge in [-0.25, -0.2) is 4.79 Å². The molecule has 4 aromatic rings. The monoisotopic (exact) mass is 402 g/mol. The van der Waals surface area contributed by atoms with Crippen molar-refractivity contribution in [3.63, 3.8) is 0 Å². The van der Waals surface area contributed by atoms with Gasteiger partial charge in [0.25, 0.3) is 5.56 Å². The number of ether oxygens (including phenoxy) is 1. The Labute approximate surface area is 172 Å². The summed E-state index contributed by atoms with van der Waals surface area (Å²) in [5.74, 6) is 0.770. The molecule has 0 saturated carbocycles. The first-order chi connectivity index (χ1) is 14.5. The lowest BCUT2D eigenvalue weighted by molar-refractivity contribution is 0.335. The molecule has 0 radical (unpaired) electrons. The maximum Gasteiger partial charge on any atom is 0.331 e. The summed E-state index contributed by atoms with van der Waals surface area (Å²) in [5.41, 5.74) is 3.64. The van der Waals surface area contributed by atoms with Crippen molar-refractivity contribution in [2.75, 3.05) is 11.9 Å². The molecule has 0 bridgehead atoms. The van der Waals surface area contributed by atoms with Gasteiger partial charge < -0.3 is 14.6 Å². The van der Waals surface area contributed by atoms with E-state index >= 15 is 0 Å². The van der Waals surface area contributed by atoms with Crippen LogP contribution in [-0.4, -0.2) is 20.3 Å². The van der Waals surface area contributed by atoms with Crippen LogP contribution in [0, 0.1) is 0 Å². The molecule has 7 nitrogen and oxygen atoms in total. The van der Waals surface area contributed by atoms with Crippen LogP contribution >= 0.6 is 0 Å². The number of hydrogen-bond acceptors (Lipinski definition) is 4. The third-order valence-corrected chi connectivity index (χ3v) is 5.73. The number of rotatable bonds is 3. The average molecular weight is 402 g/mol. The smallest absolute Gasteiger partial charge is 0.331 e. The molecule has 2 aromatic heterocycles. The number of aromatic nitrogens is 3. The molecule has 0 saturated heterocycles. The molecule has 3 heterocycles. The van der Waals surface area contributed by atoms with E-state index in [0.717, 1.165) is 32.9 Å². The fraction of sp³-hybridized carbons (Fsp3) is 0.217. The molecule has 5 rings (SSSR count). The second-order valence-electron chi connectivity index (χ2n) is 7.42. The van der Waals surface area contributed by atoms with Gasteiger partial charge in [-0.3, -0.25) is 13.9 Å². The number of nitrogens with one attached hydrogen (secondary N) is 1. The van der Waals surface area contributed by atoms with Crippen LogP contribution in [0.5, 0.6) is 5.75 Å². The van der Waals surface area contributed by atoms with Gasteiger partial charge in [0.05, 0.1) is 40.6 Å². The van der Waals surface area contributed by atoms with Gasteiger partial charge in [0, 0.05) is 25.9 Å². The molecule has 2 aromatic carbocycles. The Morgan fingerprint density at radius 1 is 1.00 bits per heavy atom. The van der Waals surface area contributed by atoms with Gasteiger partial charge in [0.2, 0.25) is 0 Å². The van der Waals surface area contributed by atoms with Crippen molar-refractivity contribution in [2.24, 2.45) is 14.1 Å². The summed E-state index contributed by atoms with van der Waals surface area (Å²) in [4.78, 5) is 25.7. The highest BCUT2D eigenvalue weighted by atomic mass is 16.5. The largest absolute Gasteiger partial charge is 0.494 e. The van der Waals surface area contributed by atoms with E-state index in [1.54, 1.807) is 11.6 Å². The van der Waals surface area contributed by atoms with Crippen LogP contribution in [0.1, 0.15) is 24.2 Å². The molecular weight excluding hydrogens is 380 g/mol. The van der Waals surface area contributed by atoms with Crippen LogP contribution in [0.25, 0.3) is 16.6 Å². The summed E-state index contributed by atoms with van der Waals surface area (Å²) in [6.45, 7) is 2.49. The highest BCUT2D eigenvalue weighted by Crippen LogP contribution is 2.42. The Hall–Kier alpha value is -3.74. The predicted octanol–water partition coefficient (Wildman–Crippen LogP) is 2.94. The molecule has 1 aliphatic rings. The predicted molar refractivity (Wildman–Crippen MR) is 117 cm³/mol. The van der Waals surface area contributed by atoms with E-state index in [4.69, 9.17) is 4.74 Å². The fourth-order valence-corrected chi connectivity index (χ4v) is 4.34. The number of anilines is 1. The maximum absolute atomic E-state index is 12.9. The van der Waals surface area contributed by atoms with E-state index in [1.165, 1.54) is 7.05 Å². The lowest BCUT2D eigenvalue weighted by Gasteiger charge is -2.31. The Bertz CT molecular complexity index is 1410. The normalized spacial score (nSPS) is 14.8. The van der Waals surface area contributed by atoms with Gasteiger partial charge in [-0.15, -0.1) is 0 Å². The molecule has 0 fully saturated rings. The zero-order valence-electron chi connectivity index (χ0n) is 17.0. The van der Waals surface area contributed by atoms with Crippen molar-refractivity contribution >= 4 is 16.6 Å². The summed E-state index contributed by atoms with van der Waals surface area (Å²) in [7, 11) is 3.21. The number of nitrogens with zero attached hydrogens (tertiary/aromatic N) is 3. The Balaban J connectivity index is 1.91. The van der Waals surface area contributed by atoms with Crippen molar-refractivity contribution in [2.45, 2.75) is 13.0 Å². The van der Waals surface area contributed by atoms with Gasteiger partial charge in [0.15, 0.2) is 0 Å². The Morgan fingerprint density at radius 2 is 1.73 bits per heavy atom. The molecule has 0 aliphatic carbocycles. The third kappa shape index (κ3) is 2.45. The van der Waals surface area contributed by atoms with Gasteiger partial charge in [-0.05, 0) is 25.1 Å². The number of para-hydroxylation sites is 3. The highest BCUT2D eigenvalue weighted by molar-refractivity contribution is 5.86. The summed E-state index contributed by atoms with van der Waals surface area (Å²) in [6, 6.07) is 15.5. The minimum atomic E-state index is -0.350. The number of benzene rings is 2. The molecular formula is C23H22N4O3. The van der Waals surface area contributed by atoms with Crippen LogP contribution in [0.4, 0.5) is 5.69 Å². The van der Waals surface area contributed by atoms with Crippen molar-refractivity contribution in [3.8, 4) is 11.4 Å². The quantitative estimate of drug-likeness (QED) is 0.572. The molecule has 1 aliphatic heterocycles. The minimum absolute atomic E-state index is 0.294. The first kappa shape index (κ1) is 18.3. The summed E-state index contributed by atoms with van der Waals surface area (Å²) in [6.07, 6.45) is 1.84. The van der Waals surface area contributed by atoms with Crippen LogP contribution in [-0.2, 0) is 14.1 Å². The molecule has 0 spiro atoms. The van der Waals surface area contributed by atoms with Gasteiger partial charge in [-0.2, -0.15) is 0 Å².